The molecule has 0 heterocycles. The average molecular weight is 898 g/mol. The lowest BCUT2D eigenvalue weighted by Gasteiger charge is -2.28. The van der Waals surface area contributed by atoms with Crippen LogP contribution in [0.25, 0.3) is 0 Å². The van der Waals surface area contributed by atoms with Crippen LogP contribution in [0, 0.1) is 11.8 Å². The Morgan fingerprint density at radius 2 is 1.32 bits per heavy atom. The molecule has 0 aliphatic heterocycles. The number of ketones is 1. The molecule has 358 valence electrons. The van der Waals surface area contributed by atoms with Gasteiger partial charge in [-0.1, -0.05) is 107 Å². The molecule has 0 amide bonds. The third kappa shape index (κ3) is 31.4. The first kappa shape index (κ1) is 57.5. The van der Waals surface area contributed by atoms with Crippen molar-refractivity contribution in [1.82, 2.24) is 0 Å². The molecule has 1 saturated carbocycles. The second-order valence-electron chi connectivity index (χ2n) is 17.7. The fraction of sp³-hybridized carbons (Fsp3) is 0.771. The Morgan fingerprint density at radius 1 is 0.742 bits per heavy atom. The Morgan fingerprint density at radius 3 is 1.98 bits per heavy atom. The summed E-state index contributed by atoms with van der Waals surface area (Å²) in [5.41, 5.74) is 0. The highest BCUT2D eigenvalue weighted by atomic mass is 31.2. The number of rotatable bonds is 38. The van der Waals surface area contributed by atoms with Crippen molar-refractivity contribution >= 4 is 25.5 Å². The molecular formula is C48H84NO12P. The van der Waals surface area contributed by atoms with Crippen molar-refractivity contribution in [2.24, 2.45) is 11.8 Å². The quantitative estimate of drug-likeness (QED) is 0.0177. The molecule has 3 N–H and O–H groups in total. The van der Waals surface area contributed by atoms with Gasteiger partial charge in [0.15, 0.2) is 6.10 Å². The highest BCUT2D eigenvalue weighted by molar-refractivity contribution is 7.45. The summed E-state index contributed by atoms with van der Waals surface area (Å²) in [5.74, 6) is -2.15. The Labute approximate surface area is 374 Å². The van der Waals surface area contributed by atoms with Crippen LogP contribution < -0.4 is 4.89 Å². The third-order valence-corrected chi connectivity index (χ3v) is 11.8. The molecule has 0 radical (unpaired) electrons. The van der Waals surface area contributed by atoms with Crippen molar-refractivity contribution in [3.63, 3.8) is 0 Å². The van der Waals surface area contributed by atoms with Crippen molar-refractivity contribution in [3.8, 4) is 0 Å². The summed E-state index contributed by atoms with van der Waals surface area (Å²) >= 11 is 0. The van der Waals surface area contributed by atoms with Crippen LogP contribution in [0.2, 0.25) is 0 Å². The smallest absolute Gasteiger partial charge is 0.306 e. The number of esters is 2. The van der Waals surface area contributed by atoms with Gasteiger partial charge in [0.2, 0.25) is 0 Å². The maximum absolute atomic E-state index is 12.9. The number of hydrogen-bond acceptors (Lipinski definition) is 12. The summed E-state index contributed by atoms with van der Waals surface area (Å²) in [7, 11) is 0.941. The van der Waals surface area contributed by atoms with E-state index in [1.54, 1.807) is 12.2 Å². The van der Waals surface area contributed by atoms with E-state index in [4.69, 9.17) is 18.5 Å². The number of quaternary nitrogens is 1. The highest BCUT2D eigenvalue weighted by Gasteiger charge is 2.41. The van der Waals surface area contributed by atoms with Crippen LogP contribution >= 0.6 is 7.82 Å². The predicted octanol–water partition coefficient (Wildman–Crippen LogP) is 8.39. The zero-order valence-electron chi connectivity index (χ0n) is 38.9. The van der Waals surface area contributed by atoms with Gasteiger partial charge in [0.1, 0.15) is 25.5 Å². The Balaban J connectivity index is 2.52. The molecule has 0 saturated heterocycles. The van der Waals surface area contributed by atoms with Gasteiger partial charge in [-0.05, 0) is 64.2 Å². The minimum absolute atomic E-state index is 0.0161. The van der Waals surface area contributed by atoms with Gasteiger partial charge in [-0.2, -0.15) is 0 Å². The summed E-state index contributed by atoms with van der Waals surface area (Å²) in [6.07, 6.45) is 29.1. The van der Waals surface area contributed by atoms with E-state index in [2.05, 4.69) is 50.3 Å². The number of phosphoric ester groups is 1. The Kier molecular flexibility index (Phi) is 32.4. The summed E-state index contributed by atoms with van der Waals surface area (Å²) < 4.78 is 33.8. The van der Waals surface area contributed by atoms with E-state index in [0.29, 0.717) is 36.7 Å². The molecule has 0 aromatic carbocycles. The molecule has 14 heteroatoms. The van der Waals surface area contributed by atoms with Gasteiger partial charge in [0.05, 0.1) is 46.1 Å². The summed E-state index contributed by atoms with van der Waals surface area (Å²) in [5, 5.41) is 31.4. The SMILES string of the molecule is CCCCC/C=C\C/C=C\C/C=C\CCCCCCC(=O)O[C@H](COC(=O)CCCCC(=O)C[C@@H]1[C@@H](/C=C/[C@@H](O)CCCCC)[C@H](O)C[C@@H]1O)COP(=O)([O-])OCC[N+](C)(C)C. The van der Waals surface area contributed by atoms with Crippen molar-refractivity contribution in [2.45, 2.75) is 180 Å². The molecule has 0 bridgehead atoms. The van der Waals surface area contributed by atoms with E-state index in [1.807, 2.05) is 21.1 Å². The van der Waals surface area contributed by atoms with Gasteiger partial charge in [-0.25, -0.2) is 0 Å². The number of nitrogens with zero attached hydrogens (tertiary/aromatic N) is 1. The Hall–Kier alpha value is -2.48. The van der Waals surface area contributed by atoms with Crippen LogP contribution in [-0.4, -0.2) is 109 Å². The minimum Gasteiger partial charge on any atom is -0.756 e. The highest BCUT2D eigenvalue weighted by Crippen LogP contribution is 2.39. The lowest BCUT2D eigenvalue weighted by atomic mass is 9.87. The zero-order valence-corrected chi connectivity index (χ0v) is 39.8. The van der Waals surface area contributed by atoms with E-state index < -0.39 is 69.2 Å². The number of hydrogen-bond donors (Lipinski definition) is 3. The van der Waals surface area contributed by atoms with E-state index in [-0.39, 0.29) is 44.5 Å². The van der Waals surface area contributed by atoms with Gasteiger partial charge in [-0.3, -0.25) is 18.9 Å². The number of unbranched alkanes of at least 4 members (excludes halogenated alkanes) is 10. The molecule has 0 aromatic rings. The molecule has 62 heavy (non-hydrogen) atoms. The largest absolute Gasteiger partial charge is 0.756 e. The number of allylic oxidation sites excluding steroid dienone is 6. The predicted molar refractivity (Wildman–Crippen MR) is 243 cm³/mol. The monoisotopic (exact) mass is 898 g/mol. The van der Waals surface area contributed by atoms with Gasteiger partial charge < -0.3 is 43.2 Å². The van der Waals surface area contributed by atoms with Crippen molar-refractivity contribution in [3.05, 3.63) is 48.6 Å². The first-order valence-corrected chi connectivity index (χ1v) is 25.0. The van der Waals surface area contributed by atoms with Gasteiger partial charge in [0, 0.05) is 43.9 Å². The average Bonchev–Trinajstić information content (AvgIpc) is 3.47. The molecular weight excluding hydrogens is 813 g/mol. The summed E-state index contributed by atoms with van der Waals surface area (Å²) in [4.78, 5) is 50.7. The Bertz CT molecular complexity index is 1380. The summed E-state index contributed by atoms with van der Waals surface area (Å²) in [6.45, 7) is 3.62. The van der Waals surface area contributed by atoms with Crippen molar-refractivity contribution in [2.75, 3.05) is 47.5 Å². The van der Waals surface area contributed by atoms with E-state index in [9.17, 15) is 39.2 Å². The molecule has 13 nitrogen and oxygen atoms in total. The second-order valence-corrected chi connectivity index (χ2v) is 19.1. The first-order valence-electron chi connectivity index (χ1n) is 23.5. The van der Waals surface area contributed by atoms with E-state index >= 15 is 0 Å². The standard InChI is InChI=1S/C48H84NO12P/c1-6-8-10-11-12-13-14-15-16-17-18-19-20-21-22-23-25-31-48(55)61-42(39-60-62(56,57)59-35-34-49(3,4)5)38-58-47(54)30-27-26-29-41(51)36-44-43(45(52)37-46(44)53)33-32-40(50)28-24-9-7-2/h12-13,15-16,18-19,32-33,40,42-46,50,52-53H,6-11,14,17,20-31,34-39H2,1-5H3/b13-12-,16-15-,19-18-,33-32+/t40-,42+,43+,44+,45+,46-/m0/s1. The molecule has 1 fully saturated rings. The number of Topliss-reactive ketones (excluding diaryl/α,β-unsaturated/α-hetero) is 1. The number of likely N-dealkylation sites (N-methyl/N-ethyl adjacent to an activating group) is 1. The lowest BCUT2D eigenvalue weighted by molar-refractivity contribution is -0.870. The van der Waals surface area contributed by atoms with Gasteiger partial charge in [0.25, 0.3) is 7.82 Å². The van der Waals surface area contributed by atoms with Gasteiger partial charge >= 0.3 is 11.9 Å². The first-order chi connectivity index (χ1) is 29.6. The molecule has 0 aromatic heterocycles. The number of carbonyl (C=O) groups is 3. The normalized spacial score (nSPS) is 20.4. The van der Waals surface area contributed by atoms with Crippen molar-refractivity contribution in [1.29, 1.82) is 0 Å². The van der Waals surface area contributed by atoms with Crippen LogP contribution in [0.5, 0.6) is 0 Å². The number of carbonyl (C=O) groups excluding carboxylic acids is 3. The fourth-order valence-corrected chi connectivity index (χ4v) is 7.74. The van der Waals surface area contributed by atoms with Crippen LogP contribution in [0.15, 0.2) is 48.6 Å². The van der Waals surface area contributed by atoms with E-state index in [1.165, 1.54) is 19.3 Å². The molecule has 1 aliphatic carbocycles. The second kappa shape index (κ2) is 34.9. The topological polar surface area (TPSA) is 189 Å². The maximum Gasteiger partial charge on any atom is 0.306 e. The lowest BCUT2D eigenvalue weighted by Crippen LogP contribution is -2.37. The van der Waals surface area contributed by atoms with Crippen LogP contribution in [-0.2, 0) is 37.5 Å². The maximum atomic E-state index is 12.9. The van der Waals surface area contributed by atoms with Gasteiger partial charge in [-0.15, -0.1) is 0 Å². The number of aliphatic hydroxyl groups is 3. The molecule has 1 rings (SSSR count). The number of phosphoric acid groups is 1. The van der Waals surface area contributed by atoms with Crippen LogP contribution in [0.4, 0.5) is 0 Å². The third-order valence-electron chi connectivity index (χ3n) is 10.8. The fourth-order valence-electron chi connectivity index (χ4n) is 7.01. The molecule has 1 aliphatic rings. The molecule has 7 atom stereocenters. The number of ether oxygens (including phenoxy) is 2. The zero-order chi connectivity index (χ0) is 46.1. The van der Waals surface area contributed by atoms with Crippen LogP contribution in [0.1, 0.15) is 155 Å². The summed E-state index contributed by atoms with van der Waals surface area (Å²) in [6, 6.07) is 0. The minimum atomic E-state index is -4.73. The number of aliphatic hydroxyl groups excluding tert-OH is 3. The molecule has 0 spiro atoms. The van der Waals surface area contributed by atoms with Crippen LogP contribution in [0.3, 0.4) is 0 Å². The van der Waals surface area contributed by atoms with Crippen molar-refractivity contribution < 1.29 is 62.2 Å². The van der Waals surface area contributed by atoms with E-state index in [0.717, 1.165) is 64.2 Å². The molecule has 1 unspecified atom stereocenters.